The molecule has 3 aromatic rings. The van der Waals surface area contributed by atoms with Gasteiger partial charge in [-0.15, -0.1) is 5.10 Å². The number of aromatic nitrogens is 3. The molecular weight excluding hydrogens is 465 g/mol. The molecule has 1 aliphatic heterocycles. The van der Waals surface area contributed by atoms with Crippen LogP contribution in [0.15, 0.2) is 22.6 Å². The fourth-order valence-electron chi connectivity index (χ4n) is 3.89. The van der Waals surface area contributed by atoms with Crippen molar-refractivity contribution in [2.24, 2.45) is 0 Å². The first-order valence-corrected chi connectivity index (χ1v) is 11.3. The van der Waals surface area contributed by atoms with E-state index < -0.39 is 24.0 Å². The first-order chi connectivity index (χ1) is 16.3. The summed E-state index contributed by atoms with van der Waals surface area (Å²) in [6.07, 6.45) is -3.82. The predicted molar refractivity (Wildman–Crippen MR) is 123 cm³/mol. The van der Waals surface area contributed by atoms with Crippen LogP contribution in [0.3, 0.4) is 0 Å². The van der Waals surface area contributed by atoms with Crippen LogP contribution >= 0.6 is 0 Å². The van der Waals surface area contributed by atoms with E-state index in [1.807, 2.05) is 34.6 Å². The van der Waals surface area contributed by atoms with Crippen LogP contribution in [-0.2, 0) is 14.9 Å². The third kappa shape index (κ3) is 6.02. The molecule has 0 saturated carbocycles. The maximum atomic E-state index is 12.7. The van der Waals surface area contributed by atoms with E-state index in [9.17, 15) is 13.2 Å². The van der Waals surface area contributed by atoms with Crippen molar-refractivity contribution < 1.29 is 31.8 Å². The summed E-state index contributed by atoms with van der Waals surface area (Å²) in [5.41, 5.74) is 2.25. The summed E-state index contributed by atoms with van der Waals surface area (Å²) in [4.78, 5) is 4.75. The lowest BCUT2D eigenvalue weighted by Gasteiger charge is -2.23. The number of hydrogen-bond acceptors (Lipinski definition) is 8. The van der Waals surface area contributed by atoms with Gasteiger partial charge in [0, 0.05) is 18.4 Å². The zero-order valence-corrected chi connectivity index (χ0v) is 20.4. The van der Waals surface area contributed by atoms with Gasteiger partial charge >= 0.3 is 12.2 Å². The highest BCUT2D eigenvalue weighted by molar-refractivity contribution is 5.89. The smallest absolute Gasteiger partial charge is 0.422 e. The first-order valence-electron chi connectivity index (χ1n) is 11.3. The van der Waals surface area contributed by atoms with Crippen molar-refractivity contribution in [3.63, 3.8) is 0 Å². The van der Waals surface area contributed by atoms with Crippen molar-refractivity contribution in [1.82, 2.24) is 15.2 Å². The molecule has 1 saturated heterocycles. The number of nitrogens with zero attached hydrogens (tertiary/aromatic N) is 3. The second kappa shape index (κ2) is 9.27. The van der Waals surface area contributed by atoms with Gasteiger partial charge in [-0.3, -0.25) is 0 Å². The first kappa shape index (κ1) is 25.2. The maximum absolute atomic E-state index is 12.7. The van der Waals surface area contributed by atoms with Crippen LogP contribution in [0.4, 0.5) is 19.2 Å². The van der Waals surface area contributed by atoms with Gasteiger partial charge in [0.05, 0.1) is 18.7 Å². The highest BCUT2D eigenvalue weighted by Crippen LogP contribution is 2.36. The number of rotatable bonds is 7. The molecule has 1 fully saturated rings. The van der Waals surface area contributed by atoms with Crippen LogP contribution in [0.25, 0.3) is 22.5 Å². The zero-order chi connectivity index (χ0) is 25.4. The number of alkyl halides is 3. The Morgan fingerprint density at radius 3 is 2.46 bits per heavy atom. The third-order valence-corrected chi connectivity index (χ3v) is 5.70. The summed E-state index contributed by atoms with van der Waals surface area (Å²) in [5.74, 6) is -0.251. The monoisotopic (exact) mass is 494 g/mol. The number of aryl methyl sites for hydroxylation is 1. The van der Waals surface area contributed by atoms with Crippen LogP contribution in [0.5, 0.6) is 5.75 Å². The number of ether oxygens (including phenoxy) is 3. The lowest BCUT2D eigenvalue weighted by molar-refractivity contribution is -0.153. The Morgan fingerprint density at radius 1 is 1.09 bits per heavy atom. The molecule has 8 nitrogen and oxygen atoms in total. The van der Waals surface area contributed by atoms with E-state index in [1.54, 1.807) is 18.2 Å². The quantitative estimate of drug-likeness (QED) is 0.467. The molecule has 2 aromatic heterocycles. The Balaban J connectivity index is 1.61. The van der Waals surface area contributed by atoms with Crippen LogP contribution in [0, 0.1) is 6.92 Å². The summed E-state index contributed by atoms with van der Waals surface area (Å²) in [6.45, 7) is 9.92. The molecule has 1 N–H and O–H groups in total. The molecule has 3 heterocycles. The molecule has 0 radical (unpaired) electrons. The van der Waals surface area contributed by atoms with Crippen molar-refractivity contribution in [3.05, 3.63) is 29.3 Å². The van der Waals surface area contributed by atoms with Crippen LogP contribution in [0.1, 0.15) is 45.2 Å². The Morgan fingerprint density at radius 2 is 1.80 bits per heavy atom. The van der Waals surface area contributed by atoms with Crippen molar-refractivity contribution in [1.29, 1.82) is 0 Å². The van der Waals surface area contributed by atoms with Crippen LogP contribution < -0.4 is 10.1 Å². The maximum Gasteiger partial charge on any atom is 0.422 e. The number of benzene rings is 1. The van der Waals surface area contributed by atoms with E-state index >= 15 is 0 Å². The Labute approximate surface area is 201 Å². The summed E-state index contributed by atoms with van der Waals surface area (Å²) < 4.78 is 60.1. The van der Waals surface area contributed by atoms with Gasteiger partial charge in [-0.2, -0.15) is 13.2 Å². The third-order valence-electron chi connectivity index (χ3n) is 5.70. The standard InChI is InChI=1S/C24H29F3N4O4/c1-14-10-18(20-30-31-21(35-20)28-7-6-23(5)33-8-9-34-23)29-19-16(14)11-15(32-13-24(25,26)27)12-17(19)22(2,3)4/h10-12H,6-9,13H2,1-5H3,(H,28,31). The molecule has 1 aliphatic rings. The minimum Gasteiger partial charge on any atom is -0.484 e. The Bertz CT molecular complexity index is 1200. The second-order valence-electron chi connectivity index (χ2n) is 9.77. The van der Waals surface area contributed by atoms with Crippen molar-refractivity contribution in [2.75, 3.05) is 31.7 Å². The second-order valence-corrected chi connectivity index (χ2v) is 9.77. The van der Waals surface area contributed by atoms with E-state index in [0.717, 1.165) is 11.1 Å². The molecule has 190 valence electrons. The number of fused-ring (bicyclic) bond motifs is 1. The zero-order valence-electron chi connectivity index (χ0n) is 20.4. The van der Waals surface area contributed by atoms with E-state index in [-0.39, 0.29) is 17.7 Å². The molecule has 0 amide bonds. The number of anilines is 1. The summed E-state index contributed by atoms with van der Waals surface area (Å²) in [7, 11) is 0. The number of halogens is 3. The SMILES string of the molecule is Cc1cc(-c2nnc(NCCC3(C)OCCO3)o2)nc2c(C(C)(C)C)cc(OCC(F)(F)F)cc12. The van der Waals surface area contributed by atoms with Gasteiger partial charge in [0.25, 0.3) is 5.89 Å². The van der Waals surface area contributed by atoms with Gasteiger partial charge < -0.3 is 23.9 Å². The van der Waals surface area contributed by atoms with Gasteiger partial charge in [-0.05, 0) is 48.6 Å². The predicted octanol–water partition coefficient (Wildman–Crippen LogP) is 5.40. The van der Waals surface area contributed by atoms with Gasteiger partial charge in [0.1, 0.15) is 11.4 Å². The number of nitrogens with one attached hydrogen (secondary N) is 1. The van der Waals surface area contributed by atoms with Crippen molar-refractivity contribution in [2.45, 2.75) is 58.4 Å². The highest BCUT2D eigenvalue weighted by Gasteiger charge is 2.31. The average molecular weight is 495 g/mol. The van der Waals surface area contributed by atoms with Crippen LogP contribution in [-0.4, -0.2) is 53.5 Å². The molecule has 0 unspecified atom stereocenters. The largest absolute Gasteiger partial charge is 0.484 e. The Hall–Kier alpha value is -2.92. The Kier molecular flexibility index (Phi) is 6.67. The summed E-state index contributed by atoms with van der Waals surface area (Å²) >= 11 is 0. The lowest BCUT2D eigenvalue weighted by Crippen LogP contribution is -2.28. The number of hydrogen-bond donors (Lipinski definition) is 1. The molecule has 11 heteroatoms. The average Bonchev–Trinajstić information content (AvgIpc) is 3.40. The topological polar surface area (TPSA) is 91.5 Å². The normalized spacial score (nSPS) is 16.1. The van der Waals surface area contributed by atoms with Crippen LogP contribution in [0.2, 0.25) is 0 Å². The van der Waals surface area contributed by atoms with E-state index in [0.29, 0.717) is 42.8 Å². The highest BCUT2D eigenvalue weighted by atomic mass is 19.4. The van der Waals surface area contributed by atoms with E-state index in [1.165, 1.54) is 0 Å². The minimum absolute atomic E-state index is 0.144. The van der Waals surface area contributed by atoms with Gasteiger partial charge in [-0.25, -0.2) is 4.98 Å². The molecule has 35 heavy (non-hydrogen) atoms. The molecular formula is C24H29F3N4O4. The minimum atomic E-state index is -4.42. The lowest BCUT2D eigenvalue weighted by atomic mass is 9.84. The van der Waals surface area contributed by atoms with Crippen molar-refractivity contribution in [3.8, 4) is 17.3 Å². The van der Waals surface area contributed by atoms with Gasteiger partial charge in [0.2, 0.25) is 0 Å². The summed E-state index contributed by atoms with van der Waals surface area (Å²) in [5, 5.41) is 11.9. The molecule has 0 spiro atoms. The summed E-state index contributed by atoms with van der Waals surface area (Å²) in [6, 6.07) is 5.20. The van der Waals surface area contributed by atoms with Gasteiger partial charge in [0.15, 0.2) is 12.4 Å². The fourth-order valence-corrected chi connectivity index (χ4v) is 3.89. The molecule has 0 atom stereocenters. The fraction of sp³-hybridized carbons (Fsp3) is 0.542. The van der Waals surface area contributed by atoms with Gasteiger partial charge in [-0.1, -0.05) is 25.9 Å². The van der Waals surface area contributed by atoms with E-state index in [2.05, 4.69) is 15.5 Å². The molecule has 4 rings (SSSR count). The number of pyridine rings is 1. The molecule has 0 bridgehead atoms. The van der Waals surface area contributed by atoms with E-state index in [4.69, 9.17) is 23.6 Å². The molecule has 1 aromatic carbocycles. The molecule has 0 aliphatic carbocycles. The van der Waals surface area contributed by atoms with Crippen molar-refractivity contribution >= 4 is 16.9 Å².